The van der Waals surface area contributed by atoms with Crippen molar-refractivity contribution in [1.82, 2.24) is 16.0 Å². The number of fused-ring (bicyclic) bond motifs is 1. The van der Waals surface area contributed by atoms with E-state index >= 15 is 0 Å². The van der Waals surface area contributed by atoms with E-state index in [-0.39, 0.29) is 24.2 Å². The second-order valence-corrected chi connectivity index (χ2v) is 11.2. The van der Waals surface area contributed by atoms with Crippen molar-refractivity contribution in [2.24, 2.45) is 5.92 Å². The van der Waals surface area contributed by atoms with Gasteiger partial charge in [-0.3, -0.25) is 0 Å². The molecule has 0 spiro atoms. The summed E-state index contributed by atoms with van der Waals surface area (Å²) in [5.41, 5.74) is 2.61. The van der Waals surface area contributed by atoms with Gasteiger partial charge in [0.05, 0.1) is 18.2 Å². The number of nitrogens with one attached hydrogen (secondary N) is 3. The van der Waals surface area contributed by atoms with Gasteiger partial charge >= 0.3 is 6.03 Å². The number of aliphatic hydroxyl groups excluding tert-OH is 1. The van der Waals surface area contributed by atoms with Crippen LogP contribution < -0.4 is 16.0 Å². The highest BCUT2D eigenvalue weighted by molar-refractivity contribution is 5.75. The molecule has 5 N–H and O–H groups in total. The zero-order chi connectivity index (χ0) is 27.2. The van der Waals surface area contributed by atoms with E-state index in [1.165, 1.54) is 11.1 Å². The molecule has 1 fully saturated rings. The van der Waals surface area contributed by atoms with Gasteiger partial charge in [0.15, 0.2) is 0 Å². The summed E-state index contributed by atoms with van der Waals surface area (Å²) in [5.74, 6) is 0.618. The Morgan fingerprint density at radius 1 is 0.897 bits per heavy atom. The molecule has 2 amide bonds. The van der Waals surface area contributed by atoms with Crippen molar-refractivity contribution in [3.63, 3.8) is 0 Å². The number of carbonyl (C=O) groups excluding carboxylic acids is 1. The van der Waals surface area contributed by atoms with Crippen LogP contribution in [0.4, 0.5) is 4.79 Å². The van der Waals surface area contributed by atoms with Gasteiger partial charge in [0.2, 0.25) is 0 Å². The molecule has 0 saturated heterocycles. The number of urea groups is 1. The summed E-state index contributed by atoms with van der Waals surface area (Å²) in [4.78, 5) is 13.0. The molecular weight excluding hydrogens is 486 g/mol. The SMILES string of the molecule is C[C@@H](NC(=O)N[C@H]1CC[C@H](CCN[C@@H]2c3ccccc3C[C@@H]2O)CC1)C(O)(c1ccccc1)c1ccccc1. The molecular formula is C33H41N3O3. The molecule has 5 rings (SSSR count). The molecule has 3 aromatic carbocycles. The number of carbonyl (C=O) groups is 1. The fourth-order valence-electron chi connectivity index (χ4n) is 6.44. The molecule has 0 aliphatic heterocycles. The topological polar surface area (TPSA) is 93.6 Å². The maximum Gasteiger partial charge on any atom is 0.315 e. The third kappa shape index (κ3) is 6.19. The number of benzene rings is 3. The Bertz CT molecular complexity index is 1170. The normalized spacial score (nSPS) is 23.6. The van der Waals surface area contributed by atoms with Gasteiger partial charge < -0.3 is 26.2 Å². The molecule has 0 radical (unpaired) electrons. The highest BCUT2D eigenvalue weighted by Gasteiger charge is 2.39. The van der Waals surface area contributed by atoms with Gasteiger partial charge in [0, 0.05) is 12.5 Å². The molecule has 3 aromatic rings. The van der Waals surface area contributed by atoms with Crippen LogP contribution in [0.25, 0.3) is 0 Å². The summed E-state index contributed by atoms with van der Waals surface area (Å²) in [6.07, 6.45) is 5.48. The summed E-state index contributed by atoms with van der Waals surface area (Å²) in [5, 5.41) is 32.1. The molecule has 3 atom stereocenters. The Hall–Kier alpha value is -3.19. The maximum atomic E-state index is 13.0. The van der Waals surface area contributed by atoms with E-state index in [1.807, 2.05) is 79.7 Å². The average molecular weight is 528 g/mol. The highest BCUT2D eigenvalue weighted by atomic mass is 16.3. The largest absolute Gasteiger partial charge is 0.391 e. The van der Waals surface area contributed by atoms with Crippen LogP contribution >= 0.6 is 0 Å². The van der Waals surface area contributed by atoms with Crippen LogP contribution in [-0.2, 0) is 12.0 Å². The van der Waals surface area contributed by atoms with Gasteiger partial charge in [-0.15, -0.1) is 0 Å². The number of hydrogen-bond donors (Lipinski definition) is 5. The van der Waals surface area contributed by atoms with Crippen molar-refractivity contribution >= 4 is 6.03 Å². The molecule has 206 valence electrons. The van der Waals surface area contributed by atoms with Crippen LogP contribution in [0, 0.1) is 5.92 Å². The lowest BCUT2D eigenvalue weighted by atomic mass is 9.81. The van der Waals surface area contributed by atoms with E-state index in [1.54, 1.807) is 0 Å². The van der Waals surface area contributed by atoms with Crippen molar-refractivity contribution in [2.75, 3.05) is 6.54 Å². The molecule has 0 bridgehead atoms. The Morgan fingerprint density at radius 3 is 2.13 bits per heavy atom. The van der Waals surface area contributed by atoms with E-state index in [4.69, 9.17) is 0 Å². The van der Waals surface area contributed by atoms with Crippen molar-refractivity contribution in [3.05, 3.63) is 107 Å². The van der Waals surface area contributed by atoms with Crippen molar-refractivity contribution in [3.8, 4) is 0 Å². The van der Waals surface area contributed by atoms with Gasteiger partial charge in [-0.25, -0.2) is 4.79 Å². The first-order valence-electron chi connectivity index (χ1n) is 14.3. The first-order chi connectivity index (χ1) is 18.9. The van der Waals surface area contributed by atoms with Crippen molar-refractivity contribution in [2.45, 2.75) is 75.3 Å². The number of rotatable bonds is 9. The molecule has 0 aromatic heterocycles. The second-order valence-electron chi connectivity index (χ2n) is 11.2. The monoisotopic (exact) mass is 527 g/mol. The minimum absolute atomic E-state index is 0.0234. The first-order valence-corrected chi connectivity index (χ1v) is 14.3. The predicted molar refractivity (Wildman–Crippen MR) is 154 cm³/mol. The Labute approximate surface area is 231 Å². The Kier molecular flexibility index (Phi) is 8.66. The molecule has 39 heavy (non-hydrogen) atoms. The number of hydrogen-bond acceptors (Lipinski definition) is 4. The lowest BCUT2D eigenvalue weighted by molar-refractivity contribution is 0.0470. The molecule has 6 nitrogen and oxygen atoms in total. The van der Waals surface area contributed by atoms with Gasteiger partial charge in [-0.05, 0) is 73.7 Å². The van der Waals surface area contributed by atoms with E-state index in [0.29, 0.717) is 5.92 Å². The second kappa shape index (κ2) is 12.3. The van der Waals surface area contributed by atoms with Crippen LogP contribution in [0.1, 0.15) is 67.3 Å². The fraction of sp³-hybridized carbons (Fsp3) is 0.424. The average Bonchev–Trinajstić information content (AvgIpc) is 3.29. The molecule has 6 heteroatoms. The molecule has 1 saturated carbocycles. The zero-order valence-corrected chi connectivity index (χ0v) is 22.7. The van der Waals surface area contributed by atoms with Crippen LogP contribution in [0.3, 0.4) is 0 Å². The van der Waals surface area contributed by atoms with Crippen LogP contribution in [0.2, 0.25) is 0 Å². The van der Waals surface area contributed by atoms with Gasteiger partial charge in [0.25, 0.3) is 0 Å². The quantitative estimate of drug-likeness (QED) is 0.276. The van der Waals surface area contributed by atoms with Crippen molar-refractivity contribution < 1.29 is 15.0 Å². The summed E-state index contributed by atoms with van der Waals surface area (Å²) in [7, 11) is 0. The van der Waals surface area contributed by atoms with Gasteiger partial charge in [-0.1, -0.05) is 84.9 Å². The third-order valence-electron chi connectivity index (χ3n) is 8.70. The lowest BCUT2D eigenvalue weighted by Gasteiger charge is -2.36. The van der Waals surface area contributed by atoms with Crippen LogP contribution in [0.15, 0.2) is 84.9 Å². The summed E-state index contributed by atoms with van der Waals surface area (Å²) >= 11 is 0. The summed E-state index contributed by atoms with van der Waals surface area (Å²) < 4.78 is 0. The third-order valence-corrected chi connectivity index (χ3v) is 8.70. The molecule has 2 aliphatic rings. The van der Waals surface area contributed by atoms with E-state index in [2.05, 4.69) is 28.1 Å². The van der Waals surface area contributed by atoms with Crippen molar-refractivity contribution in [1.29, 1.82) is 0 Å². The summed E-state index contributed by atoms with van der Waals surface area (Å²) in [6.45, 7) is 2.73. The minimum Gasteiger partial charge on any atom is -0.391 e. The van der Waals surface area contributed by atoms with Gasteiger partial charge in [0.1, 0.15) is 5.60 Å². The van der Waals surface area contributed by atoms with Crippen LogP contribution in [-0.4, -0.2) is 41.0 Å². The van der Waals surface area contributed by atoms with Crippen LogP contribution in [0.5, 0.6) is 0 Å². The minimum atomic E-state index is -1.35. The number of amides is 2. The maximum absolute atomic E-state index is 13.0. The molecule has 2 aliphatic carbocycles. The lowest BCUT2D eigenvalue weighted by Crippen LogP contribution is -2.54. The summed E-state index contributed by atoms with van der Waals surface area (Å²) in [6, 6.07) is 26.7. The Balaban J connectivity index is 1.09. The number of aliphatic hydroxyl groups is 2. The van der Waals surface area contributed by atoms with E-state index in [9.17, 15) is 15.0 Å². The standard InChI is InChI=1S/C33H41N3O3/c1-23(33(39,26-11-4-2-5-12-26)27-13-6-3-7-14-27)35-32(38)36-28-18-16-24(17-19-28)20-21-34-31-29-15-9-8-10-25(29)22-30(31)37/h2-15,23-24,28,30-31,34,37,39H,16-22H2,1H3,(H2,35,36,38)/t23-,24-,28-,30+,31-/m1/s1. The van der Waals surface area contributed by atoms with E-state index in [0.717, 1.165) is 56.2 Å². The first kappa shape index (κ1) is 27.4. The molecule has 0 unspecified atom stereocenters. The smallest absolute Gasteiger partial charge is 0.315 e. The van der Waals surface area contributed by atoms with E-state index < -0.39 is 11.6 Å². The Morgan fingerprint density at radius 2 is 1.49 bits per heavy atom. The molecule has 0 heterocycles. The predicted octanol–water partition coefficient (Wildman–Crippen LogP) is 4.81. The van der Waals surface area contributed by atoms with Gasteiger partial charge in [-0.2, -0.15) is 0 Å². The fourth-order valence-corrected chi connectivity index (χ4v) is 6.44. The zero-order valence-electron chi connectivity index (χ0n) is 22.7. The highest BCUT2D eigenvalue weighted by Crippen LogP contribution is 2.34.